The van der Waals surface area contributed by atoms with Gasteiger partial charge < -0.3 is 11.1 Å². The number of aromatic nitrogens is 1. The van der Waals surface area contributed by atoms with Gasteiger partial charge in [0.25, 0.3) is 0 Å². The highest BCUT2D eigenvalue weighted by Crippen LogP contribution is 2.02. The molecule has 0 bridgehead atoms. The quantitative estimate of drug-likeness (QED) is 0.600. The van der Waals surface area contributed by atoms with E-state index >= 15 is 0 Å². The van der Waals surface area contributed by atoms with Crippen LogP contribution in [-0.4, -0.2) is 17.0 Å². The van der Waals surface area contributed by atoms with Gasteiger partial charge in [0.15, 0.2) is 0 Å². The van der Waals surface area contributed by atoms with Gasteiger partial charge in [-0.3, -0.25) is 0 Å². The highest BCUT2D eigenvalue weighted by Gasteiger charge is 1.97. The second kappa shape index (κ2) is 3.30. The van der Waals surface area contributed by atoms with E-state index in [0.29, 0.717) is 10.8 Å². The lowest BCUT2D eigenvalue weighted by Crippen LogP contribution is -2.16. The summed E-state index contributed by atoms with van der Waals surface area (Å²) in [7, 11) is 1.78. The number of anilines is 1. The van der Waals surface area contributed by atoms with Gasteiger partial charge in [-0.05, 0) is 12.1 Å². The lowest BCUT2D eigenvalue weighted by molar-refractivity contribution is 1.20. The van der Waals surface area contributed by atoms with E-state index in [1.54, 1.807) is 19.3 Å². The minimum atomic E-state index is 0.486. The Balaban J connectivity index is 2.96. The number of nitrogens with one attached hydrogen (secondary N) is 1. The average Bonchev–Trinajstić information content (AvgIpc) is 2.03. The summed E-state index contributed by atoms with van der Waals surface area (Å²) in [6, 6.07) is 3.55. The molecule has 1 aromatic heterocycles. The maximum atomic E-state index is 5.45. The highest BCUT2D eigenvalue weighted by molar-refractivity contribution is 7.80. The molecule has 3 nitrogen and oxygen atoms in total. The Morgan fingerprint density at radius 1 is 1.73 bits per heavy atom. The molecule has 1 aromatic rings. The first-order valence-corrected chi connectivity index (χ1v) is 3.58. The Hall–Kier alpha value is -1.16. The van der Waals surface area contributed by atoms with E-state index in [9.17, 15) is 0 Å². The van der Waals surface area contributed by atoms with Gasteiger partial charge in [0.2, 0.25) is 0 Å². The number of nitrogens with two attached hydrogens (primary N) is 1. The number of thiocarbonyl (C=S) groups is 1. The fourth-order valence-electron chi connectivity index (χ4n) is 0.734. The molecular weight excluding hydrogens is 158 g/mol. The van der Waals surface area contributed by atoms with Crippen LogP contribution >= 0.6 is 12.2 Å². The predicted molar refractivity (Wildman–Crippen MR) is 49.4 cm³/mol. The van der Waals surface area contributed by atoms with E-state index in [-0.39, 0.29) is 0 Å². The van der Waals surface area contributed by atoms with Crippen LogP contribution < -0.4 is 11.1 Å². The van der Waals surface area contributed by atoms with Crippen LogP contribution in [0.4, 0.5) is 5.82 Å². The molecule has 0 amide bonds. The van der Waals surface area contributed by atoms with Crippen LogP contribution in [0.1, 0.15) is 5.56 Å². The first-order chi connectivity index (χ1) is 5.24. The molecule has 0 saturated heterocycles. The third-order valence-corrected chi connectivity index (χ3v) is 1.71. The Kier molecular flexibility index (Phi) is 2.38. The molecule has 0 atom stereocenters. The minimum absolute atomic E-state index is 0.486. The molecule has 0 aliphatic heterocycles. The summed E-state index contributed by atoms with van der Waals surface area (Å²) in [5, 5.41) is 2.86. The number of pyridine rings is 1. The average molecular weight is 167 g/mol. The molecule has 1 rings (SSSR count). The molecular formula is C7H9N3S. The number of rotatable bonds is 1. The molecule has 0 spiro atoms. The number of hydrogen-bond acceptors (Lipinski definition) is 3. The summed E-state index contributed by atoms with van der Waals surface area (Å²) in [5.74, 6) is 0.486. The van der Waals surface area contributed by atoms with Crippen LogP contribution in [0.5, 0.6) is 0 Å². The third kappa shape index (κ3) is 1.88. The lowest BCUT2D eigenvalue weighted by atomic mass is 10.2. The molecule has 0 aliphatic rings. The van der Waals surface area contributed by atoms with Crippen LogP contribution in [0.3, 0.4) is 0 Å². The zero-order chi connectivity index (χ0) is 8.27. The van der Waals surface area contributed by atoms with Crippen molar-refractivity contribution in [2.75, 3.05) is 12.8 Å². The predicted octanol–water partition coefficient (Wildman–Crippen LogP) is 0.559. The molecule has 0 fully saturated rings. The molecule has 0 unspecified atom stereocenters. The summed E-state index contributed by atoms with van der Waals surface area (Å²) in [6.45, 7) is 0. The summed E-state index contributed by atoms with van der Waals surface area (Å²) in [4.78, 5) is 4.53. The van der Waals surface area contributed by atoms with E-state index in [1.807, 2.05) is 6.07 Å². The van der Waals surface area contributed by atoms with E-state index in [2.05, 4.69) is 10.3 Å². The maximum Gasteiger partial charge on any atom is 0.123 e. The van der Waals surface area contributed by atoms with Crippen molar-refractivity contribution in [1.82, 2.24) is 10.3 Å². The molecule has 58 valence electrons. The zero-order valence-electron chi connectivity index (χ0n) is 6.16. The molecule has 11 heavy (non-hydrogen) atoms. The van der Waals surface area contributed by atoms with E-state index in [1.165, 1.54) is 0 Å². The van der Waals surface area contributed by atoms with Crippen LogP contribution in [0.2, 0.25) is 0 Å². The largest absolute Gasteiger partial charge is 0.384 e. The molecule has 3 N–H and O–H groups in total. The maximum absolute atomic E-state index is 5.45. The summed E-state index contributed by atoms with van der Waals surface area (Å²) < 4.78 is 0. The van der Waals surface area contributed by atoms with E-state index in [4.69, 9.17) is 18.0 Å². The second-order valence-corrected chi connectivity index (χ2v) is 2.46. The van der Waals surface area contributed by atoms with E-state index < -0.39 is 0 Å². The summed E-state index contributed by atoms with van der Waals surface area (Å²) in [5.41, 5.74) is 6.35. The van der Waals surface area contributed by atoms with Crippen molar-refractivity contribution in [1.29, 1.82) is 0 Å². The minimum Gasteiger partial charge on any atom is -0.384 e. The smallest absolute Gasteiger partial charge is 0.123 e. The van der Waals surface area contributed by atoms with E-state index in [0.717, 1.165) is 5.56 Å². The van der Waals surface area contributed by atoms with Crippen molar-refractivity contribution in [3.05, 3.63) is 23.9 Å². The summed E-state index contributed by atoms with van der Waals surface area (Å²) in [6.07, 6.45) is 1.63. The third-order valence-electron chi connectivity index (χ3n) is 1.27. The Morgan fingerprint density at radius 3 is 3.00 bits per heavy atom. The number of nitrogen functional groups attached to an aromatic ring is 1. The van der Waals surface area contributed by atoms with Crippen molar-refractivity contribution in [3.8, 4) is 0 Å². The Bertz CT molecular complexity index is 272. The van der Waals surface area contributed by atoms with Crippen molar-refractivity contribution < 1.29 is 0 Å². The molecule has 4 heteroatoms. The van der Waals surface area contributed by atoms with Crippen molar-refractivity contribution in [2.45, 2.75) is 0 Å². The topological polar surface area (TPSA) is 50.9 Å². The SMILES string of the molecule is CNC(=S)c1ccnc(N)c1. The fraction of sp³-hybridized carbons (Fsp3) is 0.143. The van der Waals surface area contributed by atoms with Crippen molar-refractivity contribution >= 4 is 23.0 Å². The lowest BCUT2D eigenvalue weighted by Gasteiger charge is -2.01. The molecule has 0 radical (unpaired) electrons. The fourth-order valence-corrected chi connectivity index (χ4v) is 0.861. The first kappa shape index (κ1) is 7.94. The van der Waals surface area contributed by atoms with Crippen molar-refractivity contribution in [2.24, 2.45) is 0 Å². The van der Waals surface area contributed by atoms with Gasteiger partial charge in [0, 0.05) is 18.8 Å². The Labute approximate surface area is 70.6 Å². The van der Waals surface area contributed by atoms with Crippen LogP contribution in [0, 0.1) is 0 Å². The van der Waals surface area contributed by atoms with Crippen LogP contribution in [0.25, 0.3) is 0 Å². The van der Waals surface area contributed by atoms with Gasteiger partial charge >= 0.3 is 0 Å². The Morgan fingerprint density at radius 2 is 2.45 bits per heavy atom. The molecule has 0 aliphatic carbocycles. The first-order valence-electron chi connectivity index (χ1n) is 3.17. The van der Waals surface area contributed by atoms with Crippen molar-refractivity contribution in [3.63, 3.8) is 0 Å². The molecule has 0 aromatic carbocycles. The van der Waals surface area contributed by atoms with Gasteiger partial charge in [0.05, 0.1) is 0 Å². The van der Waals surface area contributed by atoms with Gasteiger partial charge in [-0.2, -0.15) is 0 Å². The monoisotopic (exact) mass is 167 g/mol. The van der Waals surface area contributed by atoms with Crippen LogP contribution in [0.15, 0.2) is 18.3 Å². The zero-order valence-corrected chi connectivity index (χ0v) is 6.98. The van der Waals surface area contributed by atoms with Gasteiger partial charge in [0.1, 0.15) is 10.8 Å². The second-order valence-electron chi connectivity index (χ2n) is 2.05. The van der Waals surface area contributed by atoms with Crippen LogP contribution in [-0.2, 0) is 0 Å². The van der Waals surface area contributed by atoms with Gasteiger partial charge in [-0.25, -0.2) is 4.98 Å². The summed E-state index contributed by atoms with van der Waals surface area (Å²) >= 11 is 4.99. The standard InChI is InChI=1S/C7H9N3S/c1-9-7(11)5-2-3-10-6(8)4-5/h2-4H,1H3,(H2,8,10)(H,9,11). The molecule has 0 saturated carbocycles. The molecule has 1 heterocycles. The van der Waals surface area contributed by atoms with Gasteiger partial charge in [-0.15, -0.1) is 0 Å². The normalized spacial score (nSPS) is 9.18. The number of nitrogens with zero attached hydrogens (tertiary/aromatic N) is 1. The number of hydrogen-bond donors (Lipinski definition) is 2. The van der Waals surface area contributed by atoms with Gasteiger partial charge in [-0.1, -0.05) is 12.2 Å². The highest BCUT2D eigenvalue weighted by atomic mass is 32.1.